The smallest absolute Gasteiger partial charge is 0.164 e. The summed E-state index contributed by atoms with van der Waals surface area (Å²) in [5.41, 5.74) is 15.4. The molecule has 0 unspecified atom stereocenters. The van der Waals surface area contributed by atoms with Gasteiger partial charge in [-0.25, -0.2) is 19.9 Å². The van der Waals surface area contributed by atoms with E-state index < -0.39 is 0 Å². The molecule has 0 spiro atoms. The molecule has 4 heteroatoms. The van der Waals surface area contributed by atoms with Gasteiger partial charge in [-0.15, -0.1) is 0 Å². The van der Waals surface area contributed by atoms with Crippen molar-refractivity contribution in [3.8, 4) is 78.8 Å². The zero-order valence-corrected chi connectivity index (χ0v) is 30.6. The normalized spacial score (nSPS) is 12.7. The van der Waals surface area contributed by atoms with E-state index in [9.17, 15) is 0 Å². The van der Waals surface area contributed by atoms with Gasteiger partial charge in [0.2, 0.25) is 0 Å². The molecule has 1 aliphatic rings. The van der Waals surface area contributed by atoms with Crippen LogP contribution < -0.4 is 0 Å². The van der Waals surface area contributed by atoms with Gasteiger partial charge >= 0.3 is 0 Å². The number of fused-ring (bicyclic) bond motifs is 4. The van der Waals surface area contributed by atoms with Crippen molar-refractivity contribution in [2.45, 2.75) is 19.3 Å². The van der Waals surface area contributed by atoms with E-state index in [0.29, 0.717) is 17.5 Å². The van der Waals surface area contributed by atoms with Crippen LogP contribution in [-0.2, 0) is 5.41 Å². The first-order valence-electron chi connectivity index (χ1n) is 18.7. The fourth-order valence-corrected chi connectivity index (χ4v) is 8.04. The zero-order chi connectivity index (χ0) is 36.9. The zero-order valence-electron chi connectivity index (χ0n) is 30.6. The molecule has 0 amide bonds. The third kappa shape index (κ3) is 5.80. The molecule has 10 rings (SSSR count). The largest absolute Gasteiger partial charge is 0.248 e. The molecule has 55 heavy (non-hydrogen) atoms. The summed E-state index contributed by atoms with van der Waals surface area (Å²) in [6, 6.07) is 63.8. The monoisotopic (exact) mass is 704 g/mol. The van der Waals surface area contributed by atoms with E-state index >= 15 is 0 Å². The van der Waals surface area contributed by atoms with E-state index in [1.54, 1.807) is 0 Å². The van der Waals surface area contributed by atoms with E-state index in [1.165, 1.54) is 33.4 Å². The summed E-state index contributed by atoms with van der Waals surface area (Å²) in [7, 11) is 0. The van der Waals surface area contributed by atoms with E-state index in [4.69, 9.17) is 19.9 Å². The Morgan fingerprint density at radius 1 is 0.327 bits per heavy atom. The molecule has 7 aromatic carbocycles. The number of pyridine rings is 1. The molecule has 1 aliphatic carbocycles. The summed E-state index contributed by atoms with van der Waals surface area (Å²) >= 11 is 0. The number of hydrogen-bond acceptors (Lipinski definition) is 4. The van der Waals surface area contributed by atoms with Crippen molar-refractivity contribution < 1.29 is 0 Å². The summed E-state index contributed by atoms with van der Waals surface area (Å²) in [5, 5.41) is 1.11. The van der Waals surface area contributed by atoms with Crippen molar-refractivity contribution in [1.82, 2.24) is 19.9 Å². The van der Waals surface area contributed by atoms with Gasteiger partial charge in [0.15, 0.2) is 17.5 Å². The topological polar surface area (TPSA) is 51.6 Å². The number of nitrogens with zero attached hydrogens (tertiary/aromatic N) is 4. The number of hydrogen-bond donors (Lipinski definition) is 0. The van der Waals surface area contributed by atoms with Crippen LogP contribution >= 0.6 is 0 Å². The minimum absolute atomic E-state index is 0.138. The first-order valence-corrected chi connectivity index (χ1v) is 18.7. The molecule has 0 N–H and O–H groups in total. The van der Waals surface area contributed by atoms with E-state index in [2.05, 4.69) is 135 Å². The van der Waals surface area contributed by atoms with Crippen LogP contribution in [0.3, 0.4) is 0 Å². The van der Waals surface area contributed by atoms with Crippen LogP contribution in [0.1, 0.15) is 25.0 Å². The molecule has 2 heterocycles. The lowest BCUT2D eigenvalue weighted by Crippen LogP contribution is -2.14. The Hall–Kier alpha value is -7.04. The van der Waals surface area contributed by atoms with Crippen LogP contribution in [0.2, 0.25) is 0 Å². The van der Waals surface area contributed by atoms with Crippen molar-refractivity contribution >= 4 is 10.9 Å². The second-order valence-corrected chi connectivity index (χ2v) is 14.7. The van der Waals surface area contributed by atoms with Crippen LogP contribution in [0, 0.1) is 0 Å². The maximum Gasteiger partial charge on any atom is 0.164 e. The Kier molecular flexibility index (Phi) is 7.77. The van der Waals surface area contributed by atoms with Crippen LogP contribution in [0.4, 0.5) is 0 Å². The van der Waals surface area contributed by atoms with Crippen molar-refractivity contribution in [2.75, 3.05) is 0 Å². The van der Waals surface area contributed by atoms with Crippen LogP contribution in [0.15, 0.2) is 182 Å². The molecular formula is C51H36N4. The summed E-state index contributed by atoms with van der Waals surface area (Å²) in [6.07, 6.45) is 0. The van der Waals surface area contributed by atoms with E-state index in [1.807, 2.05) is 60.7 Å². The van der Waals surface area contributed by atoms with Gasteiger partial charge in [0.25, 0.3) is 0 Å². The average molecular weight is 705 g/mol. The Balaban J connectivity index is 1.16. The SMILES string of the molecule is CC1(C)c2ccccc2-c2cc3c(-c4cccc(-c5nc(-c6ccccc6)nc(-c6ccccc6)n5)c4)cc(-c4ccc(-c5ccccc5)cc4)nc3cc21. The van der Waals surface area contributed by atoms with Crippen LogP contribution in [0.25, 0.3) is 89.7 Å². The fraction of sp³-hybridized carbons (Fsp3) is 0.0588. The highest BCUT2D eigenvalue weighted by Crippen LogP contribution is 2.50. The number of rotatable bonds is 6. The molecule has 0 bridgehead atoms. The second kappa shape index (κ2) is 13.1. The highest BCUT2D eigenvalue weighted by molar-refractivity contribution is 6.02. The number of aromatic nitrogens is 4. The van der Waals surface area contributed by atoms with Gasteiger partial charge in [0, 0.05) is 33.1 Å². The van der Waals surface area contributed by atoms with Crippen molar-refractivity contribution in [1.29, 1.82) is 0 Å². The summed E-state index contributed by atoms with van der Waals surface area (Å²) in [5.74, 6) is 1.91. The van der Waals surface area contributed by atoms with Crippen molar-refractivity contribution in [3.63, 3.8) is 0 Å². The maximum absolute atomic E-state index is 5.38. The van der Waals surface area contributed by atoms with Gasteiger partial charge in [-0.05, 0) is 68.8 Å². The lowest BCUT2D eigenvalue weighted by Gasteiger charge is -2.22. The van der Waals surface area contributed by atoms with Gasteiger partial charge in [-0.1, -0.05) is 172 Å². The molecule has 0 saturated carbocycles. The highest BCUT2D eigenvalue weighted by atomic mass is 15.0. The molecule has 0 radical (unpaired) electrons. The molecule has 0 saturated heterocycles. The van der Waals surface area contributed by atoms with Crippen molar-refractivity contribution in [2.24, 2.45) is 0 Å². The molecule has 2 aromatic heterocycles. The lowest BCUT2D eigenvalue weighted by atomic mass is 9.82. The lowest BCUT2D eigenvalue weighted by molar-refractivity contribution is 0.661. The first kappa shape index (κ1) is 32.6. The molecule has 0 fully saturated rings. The summed E-state index contributed by atoms with van der Waals surface area (Å²) in [4.78, 5) is 20.4. The average Bonchev–Trinajstić information content (AvgIpc) is 3.48. The van der Waals surface area contributed by atoms with Gasteiger partial charge in [-0.2, -0.15) is 0 Å². The Morgan fingerprint density at radius 2 is 0.836 bits per heavy atom. The first-order chi connectivity index (χ1) is 27.0. The van der Waals surface area contributed by atoms with Gasteiger partial charge in [-0.3, -0.25) is 0 Å². The van der Waals surface area contributed by atoms with Gasteiger partial charge in [0.1, 0.15) is 0 Å². The Bertz CT molecular complexity index is 2810. The Morgan fingerprint density at radius 3 is 1.49 bits per heavy atom. The predicted octanol–water partition coefficient (Wildman–Crippen LogP) is 12.7. The van der Waals surface area contributed by atoms with Crippen LogP contribution in [0.5, 0.6) is 0 Å². The predicted molar refractivity (Wildman–Crippen MR) is 225 cm³/mol. The molecule has 260 valence electrons. The highest BCUT2D eigenvalue weighted by Gasteiger charge is 2.35. The third-order valence-electron chi connectivity index (χ3n) is 10.9. The standard InChI is InChI=1S/C51H36N4/c1-51(2)44-24-13-12-23-40(44)42-30-43-41(31-46(52-47(43)32-45(42)51)35-27-25-34(26-28-35)33-15-6-3-7-16-33)38-21-14-22-39(29-38)50-54-48(36-17-8-4-9-18-36)53-49(55-50)37-19-10-5-11-20-37/h3-32H,1-2H3. The second-order valence-electron chi connectivity index (χ2n) is 14.7. The summed E-state index contributed by atoms with van der Waals surface area (Å²) < 4.78 is 0. The quantitative estimate of drug-likeness (QED) is 0.173. The van der Waals surface area contributed by atoms with Gasteiger partial charge < -0.3 is 0 Å². The minimum atomic E-state index is -0.138. The summed E-state index contributed by atoms with van der Waals surface area (Å²) in [6.45, 7) is 4.64. The molecule has 0 atom stereocenters. The maximum atomic E-state index is 5.38. The van der Waals surface area contributed by atoms with E-state index in [0.717, 1.165) is 50.0 Å². The molecule has 0 aliphatic heterocycles. The molecular weight excluding hydrogens is 669 g/mol. The molecule has 9 aromatic rings. The van der Waals surface area contributed by atoms with Gasteiger partial charge in [0.05, 0.1) is 11.2 Å². The van der Waals surface area contributed by atoms with Crippen LogP contribution in [-0.4, -0.2) is 19.9 Å². The molecule has 4 nitrogen and oxygen atoms in total. The number of benzene rings is 7. The third-order valence-corrected chi connectivity index (χ3v) is 10.9. The minimum Gasteiger partial charge on any atom is -0.248 e. The van der Waals surface area contributed by atoms with Crippen molar-refractivity contribution in [3.05, 3.63) is 193 Å². The Labute approximate surface area is 320 Å². The van der Waals surface area contributed by atoms with E-state index in [-0.39, 0.29) is 5.41 Å². The fourth-order valence-electron chi connectivity index (χ4n) is 8.04.